The number of carbonyl (C=O) groups is 1. The molecule has 1 N–H and O–H groups in total. The molecule has 1 fully saturated rings. The predicted octanol–water partition coefficient (Wildman–Crippen LogP) is 1.20. The lowest BCUT2D eigenvalue weighted by molar-refractivity contribution is -0.153. The van der Waals surface area contributed by atoms with E-state index in [4.69, 9.17) is 0 Å². The average molecular weight is 292 g/mol. The Balaban J connectivity index is 2.00. The molecule has 21 heavy (non-hydrogen) atoms. The lowest BCUT2D eigenvalue weighted by Gasteiger charge is -2.34. The molecule has 116 valence electrons. The molecule has 0 atom stereocenters. The lowest BCUT2D eigenvalue weighted by atomic mass is 9.84. The van der Waals surface area contributed by atoms with Crippen LogP contribution in [0.1, 0.15) is 37.7 Å². The Hall–Kier alpha value is -1.69. The van der Waals surface area contributed by atoms with Crippen LogP contribution in [0.4, 0.5) is 5.95 Å². The SMILES string of the molecule is CN(Cc1cnc(N(C)C)nc1)C(=O)C1(O)CCCCC1. The molecule has 1 aromatic rings. The van der Waals surface area contributed by atoms with Crippen LogP contribution in [0.15, 0.2) is 12.4 Å². The highest BCUT2D eigenvalue weighted by Gasteiger charge is 2.38. The fourth-order valence-corrected chi connectivity index (χ4v) is 2.71. The van der Waals surface area contributed by atoms with Gasteiger partial charge in [-0.25, -0.2) is 9.97 Å². The highest BCUT2D eigenvalue weighted by atomic mass is 16.3. The summed E-state index contributed by atoms with van der Waals surface area (Å²) in [5.74, 6) is 0.442. The highest BCUT2D eigenvalue weighted by molar-refractivity contribution is 5.84. The number of hydrogen-bond acceptors (Lipinski definition) is 5. The summed E-state index contributed by atoms with van der Waals surface area (Å²) in [6.07, 6.45) is 7.49. The molecule has 0 radical (unpaired) electrons. The van der Waals surface area contributed by atoms with Crippen LogP contribution in [0.25, 0.3) is 0 Å². The molecule has 1 aliphatic rings. The summed E-state index contributed by atoms with van der Waals surface area (Å²) in [5, 5.41) is 10.5. The second-order valence-corrected chi connectivity index (χ2v) is 6.04. The Morgan fingerprint density at radius 3 is 2.29 bits per heavy atom. The molecule has 0 spiro atoms. The molecule has 0 saturated heterocycles. The highest BCUT2D eigenvalue weighted by Crippen LogP contribution is 2.29. The average Bonchev–Trinajstić information content (AvgIpc) is 2.47. The van der Waals surface area contributed by atoms with Gasteiger partial charge in [0.05, 0.1) is 0 Å². The minimum atomic E-state index is -1.18. The standard InChI is InChI=1S/C15H24N4O2/c1-18(2)14-16-9-12(10-17-14)11-19(3)13(20)15(21)7-5-4-6-8-15/h9-10,21H,4-8,11H2,1-3H3. The van der Waals surface area contributed by atoms with E-state index >= 15 is 0 Å². The third-order valence-corrected chi connectivity index (χ3v) is 3.94. The van der Waals surface area contributed by atoms with Crippen LogP contribution in [0, 0.1) is 0 Å². The van der Waals surface area contributed by atoms with Gasteiger partial charge in [-0.3, -0.25) is 4.79 Å². The first kappa shape index (κ1) is 15.7. The van der Waals surface area contributed by atoms with E-state index in [0.29, 0.717) is 25.3 Å². The van der Waals surface area contributed by atoms with Crippen molar-refractivity contribution in [3.05, 3.63) is 18.0 Å². The first-order valence-corrected chi connectivity index (χ1v) is 7.38. The number of amides is 1. The van der Waals surface area contributed by atoms with E-state index in [-0.39, 0.29) is 5.91 Å². The van der Waals surface area contributed by atoms with Crippen LogP contribution in [-0.2, 0) is 11.3 Å². The molecule has 1 saturated carbocycles. The quantitative estimate of drug-likeness (QED) is 0.903. The minimum absolute atomic E-state index is 0.195. The van der Waals surface area contributed by atoms with E-state index < -0.39 is 5.60 Å². The first-order chi connectivity index (χ1) is 9.92. The minimum Gasteiger partial charge on any atom is -0.380 e. The summed E-state index contributed by atoms with van der Waals surface area (Å²) in [4.78, 5) is 24.3. The molecule has 0 unspecified atom stereocenters. The van der Waals surface area contributed by atoms with Crippen molar-refractivity contribution in [2.45, 2.75) is 44.2 Å². The molecule has 1 aromatic heterocycles. The second kappa shape index (κ2) is 6.39. The molecule has 0 aromatic carbocycles. The van der Waals surface area contributed by atoms with Gasteiger partial charge in [-0.15, -0.1) is 0 Å². The van der Waals surface area contributed by atoms with Crippen molar-refractivity contribution in [2.75, 3.05) is 26.0 Å². The zero-order valence-electron chi connectivity index (χ0n) is 13.0. The monoisotopic (exact) mass is 292 g/mol. The summed E-state index contributed by atoms with van der Waals surface area (Å²) in [7, 11) is 5.47. The van der Waals surface area contributed by atoms with Gasteiger partial charge in [-0.2, -0.15) is 0 Å². The van der Waals surface area contributed by atoms with E-state index in [0.717, 1.165) is 24.8 Å². The summed E-state index contributed by atoms with van der Waals surface area (Å²) in [6, 6.07) is 0. The van der Waals surface area contributed by atoms with Crippen LogP contribution in [0.3, 0.4) is 0 Å². The van der Waals surface area contributed by atoms with E-state index in [2.05, 4.69) is 9.97 Å². The third kappa shape index (κ3) is 3.69. The molecule has 1 amide bonds. The van der Waals surface area contributed by atoms with Gasteiger partial charge in [0.1, 0.15) is 5.60 Å². The van der Waals surface area contributed by atoms with Gasteiger partial charge >= 0.3 is 0 Å². The Morgan fingerprint density at radius 2 is 1.76 bits per heavy atom. The topological polar surface area (TPSA) is 69.6 Å². The van der Waals surface area contributed by atoms with Crippen LogP contribution < -0.4 is 4.90 Å². The fraction of sp³-hybridized carbons (Fsp3) is 0.667. The van der Waals surface area contributed by atoms with Gasteiger partial charge in [0, 0.05) is 45.6 Å². The van der Waals surface area contributed by atoms with Crippen molar-refractivity contribution in [3.63, 3.8) is 0 Å². The Morgan fingerprint density at radius 1 is 1.19 bits per heavy atom. The number of nitrogens with zero attached hydrogens (tertiary/aromatic N) is 4. The largest absolute Gasteiger partial charge is 0.380 e. The molecule has 0 bridgehead atoms. The van der Waals surface area contributed by atoms with Crippen LogP contribution in [0.2, 0.25) is 0 Å². The maximum atomic E-state index is 12.4. The fourth-order valence-electron chi connectivity index (χ4n) is 2.71. The van der Waals surface area contributed by atoms with Crippen LogP contribution >= 0.6 is 0 Å². The summed E-state index contributed by atoms with van der Waals surface area (Å²) >= 11 is 0. The van der Waals surface area contributed by atoms with Gasteiger partial charge < -0.3 is 14.9 Å². The summed E-state index contributed by atoms with van der Waals surface area (Å²) in [6.45, 7) is 0.412. The number of carbonyl (C=O) groups excluding carboxylic acids is 1. The number of anilines is 1. The summed E-state index contributed by atoms with van der Waals surface area (Å²) in [5.41, 5.74) is -0.326. The van der Waals surface area contributed by atoms with E-state index in [1.807, 2.05) is 19.0 Å². The molecule has 0 aliphatic heterocycles. The van der Waals surface area contributed by atoms with Crippen molar-refractivity contribution >= 4 is 11.9 Å². The van der Waals surface area contributed by atoms with Gasteiger partial charge in [0.2, 0.25) is 5.95 Å². The van der Waals surface area contributed by atoms with E-state index in [1.165, 1.54) is 0 Å². The molecule has 2 rings (SSSR count). The zero-order chi connectivity index (χ0) is 15.5. The zero-order valence-corrected chi connectivity index (χ0v) is 13.0. The molecular weight excluding hydrogens is 268 g/mol. The normalized spacial score (nSPS) is 17.3. The van der Waals surface area contributed by atoms with Gasteiger partial charge in [-0.1, -0.05) is 19.3 Å². The number of likely N-dealkylation sites (N-methyl/N-ethyl adjacent to an activating group) is 1. The molecule has 6 nitrogen and oxygen atoms in total. The van der Waals surface area contributed by atoms with Crippen molar-refractivity contribution in [1.82, 2.24) is 14.9 Å². The summed E-state index contributed by atoms with van der Waals surface area (Å²) < 4.78 is 0. The lowest BCUT2D eigenvalue weighted by Crippen LogP contribution is -2.48. The van der Waals surface area contributed by atoms with Crippen LogP contribution in [0.5, 0.6) is 0 Å². The smallest absolute Gasteiger partial charge is 0.254 e. The number of aromatic nitrogens is 2. The molecular formula is C15H24N4O2. The van der Waals surface area contributed by atoms with Gasteiger partial charge in [0.15, 0.2) is 0 Å². The van der Waals surface area contributed by atoms with Crippen molar-refractivity contribution in [2.24, 2.45) is 0 Å². The van der Waals surface area contributed by atoms with Crippen LogP contribution in [-0.4, -0.2) is 52.6 Å². The van der Waals surface area contributed by atoms with Gasteiger partial charge in [0.25, 0.3) is 5.91 Å². The van der Waals surface area contributed by atoms with Crippen molar-refractivity contribution < 1.29 is 9.90 Å². The van der Waals surface area contributed by atoms with Crippen molar-refractivity contribution in [1.29, 1.82) is 0 Å². The maximum absolute atomic E-state index is 12.4. The molecule has 1 aliphatic carbocycles. The van der Waals surface area contributed by atoms with E-state index in [1.54, 1.807) is 24.3 Å². The predicted molar refractivity (Wildman–Crippen MR) is 80.9 cm³/mol. The Kier molecular flexibility index (Phi) is 4.77. The molecule has 1 heterocycles. The maximum Gasteiger partial charge on any atom is 0.254 e. The number of aliphatic hydroxyl groups is 1. The first-order valence-electron chi connectivity index (χ1n) is 7.38. The second-order valence-electron chi connectivity index (χ2n) is 6.04. The van der Waals surface area contributed by atoms with E-state index in [9.17, 15) is 9.90 Å². The van der Waals surface area contributed by atoms with Gasteiger partial charge in [-0.05, 0) is 12.8 Å². The third-order valence-electron chi connectivity index (χ3n) is 3.94. The Labute approximate surface area is 125 Å². The molecule has 6 heteroatoms. The Bertz CT molecular complexity index is 481. The number of rotatable bonds is 4. The van der Waals surface area contributed by atoms with Crippen molar-refractivity contribution in [3.8, 4) is 0 Å². The number of hydrogen-bond donors (Lipinski definition) is 1.